The average Bonchev–Trinajstić information content (AvgIpc) is 2.93. The minimum absolute atomic E-state index is 0.0449. The van der Waals surface area contributed by atoms with Crippen molar-refractivity contribution in [3.8, 4) is 11.3 Å². The molecule has 25 heavy (non-hydrogen) atoms. The largest absolute Gasteiger partial charge is 0.282 e. The quantitative estimate of drug-likeness (QED) is 0.886. The molecule has 0 spiro atoms. The Morgan fingerprint density at radius 3 is 2.68 bits per heavy atom. The molecule has 1 saturated heterocycles. The molecule has 1 atom stereocenters. The van der Waals surface area contributed by atoms with Crippen molar-refractivity contribution in [1.29, 1.82) is 0 Å². The van der Waals surface area contributed by atoms with E-state index in [-0.39, 0.29) is 5.92 Å². The van der Waals surface area contributed by atoms with Gasteiger partial charge in [-0.1, -0.05) is 0 Å². The van der Waals surface area contributed by atoms with Gasteiger partial charge in [0.15, 0.2) is 0 Å². The first kappa shape index (κ1) is 18.0. The summed E-state index contributed by atoms with van der Waals surface area (Å²) in [5.41, 5.74) is 4.39. The van der Waals surface area contributed by atoms with E-state index in [2.05, 4.69) is 15.2 Å². The summed E-state index contributed by atoms with van der Waals surface area (Å²) in [6.45, 7) is 4.86. The number of nitrogens with one attached hydrogen (secondary N) is 1. The molecule has 0 saturated carbocycles. The number of H-pyrrole nitrogens is 1. The van der Waals surface area contributed by atoms with Gasteiger partial charge in [0.05, 0.1) is 23.3 Å². The van der Waals surface area contributed by atoms with Crippen molar-refractivity contribution >= 4 is 10.2 Å². The van der Waals surface area contributed by atoms with Gasteiger partial charge in [-0.25, -0.2) is 4.98 Å². The Labute approximate surface area is 148 Å². The summed E-state index contributed by atoms with van der Waals surface area (Å²) in [5.74, 6) is 0.0449. The van der Waals surface area contributed by atoms with Crippen LogP contribution in [-0.4, -0.2) is 64.4 Å². The zero-order chi connectivity index (χ0) is 18.2. The molecule has 0 radical (unpaired) electrons. The zero-order valence-electron chi connectivity index (χ0n) is 15.0. The van der Waals surface area contributed by atoms with Crippen molar-refractivity contribution in [3.05, 3.63) is 29.5 Å². The fraction of sp³-hybridized carbons (Fsp3) is 0.562. The molecule has 1 N–H and O–H groups in total. The van der Waals surface area contributed by atoms with Crippen LogP contribution in [0.1, 0.15) is 35.8 Å². The smallest absolute Gasteiger partial charge is 0.281 e. The number of aromatic nitrogens is 4. The van der Waals surface area contributed by atoms with E-state index in [0.717, 1.165) is 41.2 Å². The van der Waals surface area contributed by atoms with E-state index in [1.807, 2.05) is 13.8 Å². The molecule has 2 aromatic rings. The van der Waals surface area contributed by atoms with Crippen LogP contribution >= 0.6 is 0 Å². The van der Waals surface area contributed by atoms with Crippen LogP contribution in [0.5, 0.6) is 0 Å². The summed E-state index contributed by atoms with van der Waals surface area (Å²) < 4.78 is 27.6. The van der Waals surface area contributed by atoms with Crippen LogP contribution in [0.25, 0.3) is 11.3 Å². The van der Waals surface area contributed by atoms with Gasteiger partial charge in [0.2, 0.25) is 0 Å². The van der Waals surface area contributed by atoms with Crippen LogP contribution < -0.4 is 0 Å². The summed E-state index contributed by atoms with van der Waals surface area (Å²) in [6, 6.07) is 0. The molecule has 3 heterocycles. The standard InChI is InChI=1S/C16H24N6O2S/c1-11-16(12(2)20-19-11)15-9-17-8-14(18-15)13-6-5-7-22(10-13)25(23,24)21(3)4/h8-9,13H,5-7,10H2,1-4H3,(H,19,20)/t13-/m0/s1. The van der Waals surface area contributed by atoms with E-state index in [9.17, 15) is 8.42 Å². The average molecular weight is 364 g/mol. The Balaban J connectivity index is 1.89. The second kappa shape index (κ2) is 6.81. The van der Waals surface area contributed by atoms with Crippen LogP contribution in [0.15, 0.2) is 12.4 Å². The SMILES string of the molecule is Cc1n[nH]c(C)c1-c1cncc([C@H]2CCCN(S(=O)(=O)N(C)C)C2)n1. The predicted octanol–water partition coefficient (Wildman–Crippen LogP) is 1.47. The molecule has 0 unspecified atom stereocenters. The molecule has 9 heteroatoms. The van der Waals surface area contributed by atoms with Crippen molar-refractivity contribution in [1.82, 2.24) is 28.8 Å². The van der Waals surface area contributed by atoms with E-state index in [1.165, 1.54) is 8.61 Å². The third kappa shape index (κ3) is 3.44. The maximum atomic E-state index is 12.4. The molecule has 0 amide bonds. The van der Waals surface area contributed by atoms with Crippen LogP contribution in [0.2, 0.25) is 0 Å². The number of hydrogen-bond donors (Lipinski definition) is 1. The zero-order valence-corrected chi connectivity index (χ0v) is 15.8. The maximum Gasteiger partial charge on any atom is 0.281 e. The molecule has 136 valence electrons. The molecule has 0 bridgehead atoms. The highest BCUT2D eigenvalue weighted by molar-refractivity contribution is 7.86. The van der Waals surface area contributed by atoms with E-state index in [1.54, 1.807) is 26.5 Å². The van der Waals surface area contributed by atoms with Crippen molar-refractivity contribution in [2.45, 2.75) is 32.6 Å². The molecule has 1 aliphatic heterocycles. The molecule has 0 aliphatic carbocycles. The highest BCUT2D eigenvalue weighted by Crippen LogP contribution is 2.29. The van der Waals surface area contributed by atoms with Gasteiger partial charge in [0.25, 0.3) is 10.2 Å². The van der Waals surface area contributed by atoms with Gasteiger partial charge >= 0.3 is 0 Å². The molecular formula is C16H24N6O2S. The number of nitrogens with zero attached hydrogens (tertiary/aromatic N) is 5. The van der Waals surface area contributed by atoms with Gasteiger partial charge in [-0.3, -0.25) is 10.1 Å². The Hall–Kier alpha value is -1.84. The summed E-state index contributed by atoms with van der Waals surface area (Å²) in [6.07, 6.45) is 5.19. The van der Waals surface area contributed by atoms with Crippen LogP contribution in [-0.2, 0) is 10.2 Å². The molecule has 1 fully saturated rings. The number of aryl methyl sites for hydroxylation is 2. The van der Waals surface area contributed by atoms with E-state index >= 15 is 0 Å². The van der Waals surface area contributed by atoms with Crippen molar-refractivity contribution in [2.24, 2.45) is 0 Å². The third-order valence-corrected chi connectivity index (χ3v) is 6.53. The first-order valence-corrected chi connectivity index (χ1v) is 9.72. The highest BCUT2D eigenvalue weighted by atomic mass is 32.2. The van der Waals surface area contributed by atoms with Gasteiger partial charge in [-0.15, -0.1) is 0 Å². The lowest BCUT2D eigenvalue weighted by Gasteiger charge is -2.33. The second-order valence-corrected chi connectivity index (χ2v) is 8.77. The third-order valence-electron chi connectivity index (χ3n) is 4.63. The lowest BCUT2D eigenvalue weighted by Crippen LogP contribution is -2.45. The lowest BCUT2D eigenvalue weighted by molar-refractivity contribution is 0.296. The Morgan fingerprint density at radius 1 is 1.28 bits per heavy atom. The fourth-order valence-electron chi connectivity index (χ4n) is 3.25. The molecule has 3 rings (SSSR count). The van der Waals surface area contributed by atoms with Crippen LogP contribution in [0.3, 0.4) is 0 Å². The summed E-state index contributed by atoms with van der Waals surface area (Å²) in [4.78, 5) is 9.10. The van der Waals surface area contributed by atoms with E-state index in [0.29, 0.717) is 13.1 Å². The monoisotopic (exact) mass is 364 g/mol. The highest BCUT2D eigenvalue weighted by Gasteiger charge is 2.31. The number of hydrogen-bond acceptors (Lipinski definition) is 5. The minimum atomic E-state index is -3.40. The second-order valence-electron chi connectivity index (χ2n) is 6.63. The molecule has 0 aromatic carbocycles. The first-order chi connectivity index (χ1) is 11.8. The van der Waals surface area contributed by atoms with Crippen LogP contribution in [0.4, 0.5) is 0 Å². The number of aromatic amines is 1. The Bertz CT molecular complexity index is 842. The first-order valence-electron chi connectivity index (χ1n) is 8.32. The van der Waals surface area contributed by atoms with E-state index in [4.69, 9.17) is 4.98 Å². The fourth-order valence-corrected chi connectivity index (χ4v) is 4.44. The topological polar surface area (TPSA) is 95.1 Å². The Morgan fingerprint density at radius 2 is 2.04 bits per heavy atom. The maximum absolute atomic E-state index is 12.4. The van der Waals surface area contributed by atoms with Crippen LogP contribution in [0, 0.1) is 13.8 Å². The predicted molar refractivity (Wildman–Crippen MR) is 95.2 cm³/mol. The van der Waals surface area contributed by atoms with Gasteiger partial charge in [0, 0.05) is 50.6 Å². The molecule has 8 nitrogen and oxygen atoms in total. The minimum Gasteiger partial charge on any atom is -0.282 e. The molecule has 2 aromatic heterocycles. The van der Waals surface area contributed by atoms with Crippen molar-refractivity contribution in [3.63, 3.8) is 0 Å². The summed E-state index contributed by atoms with van der Waals surface area (Å²) >= 11 is 0. The van der Waals surface area contributed by atoms with Crippen molar-refractivity contribution < 1.29 is 8.42 Å². The number of piperidine rings is 1. The molecular weight excluding hydrogens is 340 g/mol. The van der Waals surface area contributed by atoms with Crippen molar-refractivity contribution in [2.75, 3.05) is 27.2 Å². The summed E-state index contributed by atoms with van der Waals surface area (Å²) in [7, 11) is -0.285. The molecule has 1 aliphatic rings. The normalized spacial score (nSPS) is 19.5. The lowest BCUT2D eigenvalue weighted by atomic mass is 9.96. The number of rotatable bonds is 4. The van der Waals surface area contributed by atoms with E-state index < -0.39 is 10.2 Å². The van der Waals surface area contributed by atoms with Gasteiger partial charge in [-0.2, -0.15) is 22.1 Å². The van der Waals surface area contributed by atoms with Gasteiger partial charge in [-0.05, 0) is 26.7 Å². The van der Waals surface area contributed by atoms with Gasteiger partial charge in [0.1, 0.15) is 0 Å². The van der Waals surface area contributed by atoms with Gasteiger partial charge < -0.3 is 0 Å². The Kier molecular flexibility index (Phi) is 4.90. The summed E-state index contributed by atoms with van der Waals surface area (Å²) in [5, 5.41) is 7.18.